The molecule has 0 aliphatic carbocycles. The van der Waals surface area contributed by atoms with E-state index in [9.17, 15) is 0 Å². The Balaban J connectivity index is 2.85. The van der Waals surface area contributed by atoms with Gasteiger partial charge in [0, 0.05) is 12.1 Å². The highest BCUT2D eigenvalue weighted by atomic mass is 35.5. The monoisotopic (exact) mass is 186 g/mol. The topological polar surface area (TPSA) is 63.8 Å². The van der Waals surface area contributed by atoms with Crippen molar-refractivity contribution in [3.05, 3.63) is 11.2 Å². The number of nitrogens with zero attached hydrogens (tertiary/aromatic N) is 2. The quantitative estimate of drug-likeness (QED) is 0.688. The lowest BCUT2D eigenvalue weighted by Gasteiger charge is -2.08. The molecular formula is C7H11ClN4. The molecule has 0 amide bonds. The molecule has 4 nitrogen and oxygen atoms in total. The Bertz CT molecular complexity index is 254. The summed E-state index contributed by atoms with van der Waals surface area (Å²) in [5.74, 6) is 0.841. The Hall–Kier alpha value is -1.03. The highest BCUT2D eigenvalue weighted by molar-refractivity contribution is 6.29. The number of halogens is 1. The summed E-state index contributed by atoms with van der Waals surface area (Å²) in [6, 6.07) is 1.94. The molecule has 0 unspecified atom stereocenters. The fraction of sp³-hybridized carbons (Fsp3) is 0.429. The van der Waals surface area contributed by atoms with Gasteiger partial charge in [-0.15, -0.1) is 0 Å². The third kappa shape index (κ3) is 2.54. The summed E-state index contributed by atoms with van der Waals surface area (Å²) in [5.41, 5.74) is 5.39. The largest absolute Gasteiger partial charge is 0.368 e. The molecule has 0 spiro atoms. The Morgan fingerprint density at radius 3 is 2.67 bits per heavy atom. The fourth-order valence-electron chi connectivity index (χ4n) is 0.805. The second kappa shape index (κ2) is 3.58. The van der Waals surface area contributed by atoms with Gasteiger partial charge in [0.1, 0.15) is 11.0 Å². The van der Waals surface area contributed by atoms with E-state index in [1.165, 1.54) is 0 Å². The molecule has 12 heavy (non-hydrogen) atoms. The Kier molecular flexibility index (Phi) is 2.70. The van der Waals surface area contributed by atoms with Crippen molar-refractivity contribution < 1.29 is 0 Å². The predicted molar refractivity (Wildman–Crippen MR) is 50.2 cm³/mol. The van der Waals surface area contributed by atoms with Crippen molar-refractivity contribution in [1.29, 1.82) is 0 Å². The highest BCUT2D eigenvalue weighted by Crippen LogP contribution is 2.12. The SMILES string of the molecule is CC(C)Nc1cc(Cl)nc(N)n1. The average molecular weight is 187 g/mol. The molecule has 5 heteroatoms. The van der Waals surface area contributed by atoms with E-state index < -0.39 is 0 Å². The number of hydrogen-bond donors (Lipinski definition) is 2. The minimum absolute atomic E-state index is 0.186. The molecule has 0 saturated heterocycles. The minimum atomic E-state index is 0.186. The number of anilines is 2. The molecular weight excluding hydrogens is 176 g/mol. The van der Waals surface area contributed by atoms with Crippen molar-refractivity contribution >= 4 is 23.4 Å². The Morgan fingerprint density at radius 1 is 1.50 bits per heavy atom. The number of nitrogens with two attached hydrogens (primary N) is 1. The maximum Gasteiger partial charge on any atom is 0.223 e. The van der Waals surface area contributed by atoms with Gasteiger partial charge in [-0.05, 0) is 13.8 Å². The summed E-state index contributed by atoms with van der Waals surface area (Å²) in [5, 5.41) is 3.42. The van der Waals surface area contributed by atoms with Crippen molar-refractivity contribution in [3.8, 4) is 0 Å². The highest BCUT2D eigenvalue weighted by Gasteiger charge is 2.00. The van der Waals surface area contributed by atoms with E-state index in [1.54, 1.807) is 6.07 Å². The average Bonchev–Trinajstić information content (AvgIpc) is 1.81. The summed E-state index contributed by atoms with van der Waals surface area (Å²) in [6.07, 6.45) is 0. The summed E-state index contributed by atoms with van der Waals surface area (Å²) in [6.45, 7) is 4.01. The maximum absolute atomic E-state index is 5.66. The second-order valence-electron chi connectivity index (χ2n) is 2.73. The van der Waals surface area contributed by atoms with Crippen LogP contribution in [-0.4, -0.2) is 16.0 Å². The predicted octanol–water partition coefficient (Wildman–Crippen LogP) is 1.53. The van der Waals surface area contributed by atoms with Crippen molar-refractivity contribution in [2.45, 2.75) is 19.9 Å². The first-order chi connectivity index (χ1) is 5.58. The maximum atomic E-state index is 5.66. The van der Waals surface area contributed by atoms with Crippen molar-refractivity contribution in [2.75, 3.05) is 11.1 Å². The summed E-state index contributed by atoms with van der Waals surface area (Å²) in [4.78, 5) is 7.68. The van der Waals surface area contributed by atoms with Gasteiger partial charge < -0.3 is 11.1 Å². The standard InChI is InChI=1S/C7H11ClN4/c1-4(2)10-6-3-5(8)11-7(9)12-6/h3-4H,1-2H3,(H3,9,10,11,12). The van der Waals surface area contributed by atoms with E-state index in [1.807, 2.05) is 13.8 Å². The van der Waals surface area contributed by atoms with Crippen LogP contribution in [0.5, 0.6) is 0 Å². The van der Waals surface area contributed by atoms with E-state index >= 15 is 0 Å². The van der Waals surface area contributed by atoms with E-state index in [2.05, 4.69) is 15.3 Å². The lowest BCUT2D eigenvalue weighted by molar-refractivity contribution is 0.887. The van der Waals surface area contributed by atoms with Crippen LogP contribution < -0.4 is 11.1 Å². The van der Waals surface area contributed by atoms with E-state index in [0.29, 0.717) is 17.0 Å². The molecule has 0 saturated carbocycles. The number of nitrogens with one attached hydrogen (secondary N) is 1. The van der Waals surface area contributed by atoms with Gasteiger partial charge in [0.15, 0.2) is 0 Å². The van der Waals surface area contributed by atoms with Crippen molar-refractivity contribution in [3.63, 3.8) is 0 Å². The number of aromatic nitrogens is 2. The van der Waals surface area contributed by atoms with E-state index in [0.717, 1.165) is 0 Å². The molecule has 1 rings (SSSR count). The molecule has 0 radical (unpaired) electrons. The zero-order valence-electron chi connectivity index (χ0n) is 7.00. The van der Waals surface area contributed by atoms with Crippen LogP contribution >= 0.6 is 11.6 Å². The molecule has 0 bridgehead atoms. The molecule has 0 fully saturated rings. The van der Waals surface area contributed by atoms with E-state index in [4.69, 9.17) is 17.3 Å². The lowest BCUT2D eigenvalue weighted by Crippen LogP contribution is -2.12. The first-order valence-corrected chi connectivity index (χ1v) is 4.02. The molecule has 0 aromatic carbocycles. The van der Waals surface area contributed by atoms with Gasteiger partial charge in [0.2, 0.25) is 5.95 Å². The Morgan fingerprint density at radius 2 is 2.17 bits per heavy atom. The first-order valence-electron chi connectivity index (χ1n) is 3.64. The van der Waals surface area contributed by atoms with Gasteiger partial charge in [0.25, 0.3) is 0 Å². The number of hydrogen-bond acceptors (Lipinski definition) is 4. The van der Waals surface area contributed by atoms with Crippen LogP contribution in [0.2, 0.25) is 5.15 Å². The smallest absolute Gasteiger partial charge is 0.223 e. The molecule has 0 aliphatic rings. The van der Waals surface area contributed by atoms with Crippen LogP contribution in [0.4, 0.5) is 11.8 Å². The second-order valence-corrected chi connectivity index (χ2v) is 3.12. The molecule has 1 aromatic heterocycles. The van der Waals surface area contributed by atoms with Gasteiger partial charge in [-0.2, -0.15) is 4.98 Å². The van der Waals surface area contributed by atoms with Gasteiger partial charge in [-0.25, -0.2) is 4.98 Å². The van der Waals surface area contributed by atoms with Crippen LogP contribution in [0.25, 0.3) is 0 Å². The van der Waals surface area contributed by atoms with Crippen molar-refractivity contribution in [1.82, 2.24) is 9.97 Å². The zero-order valence-corrected chi connectivity index (χ0v) is 7.76. The Labute approximate surface area is 76.2 Å². The van der Waals surface area contributed by atoms with Crippen LogP contribution in [0.15, 0.2) is 6.07 Å². The zero-order chi connectivity index (χ0) is 9.14. The van der Waals surface area contributed by atoms with Gasteiger partial charge >= 0.3 is 0 Å². The van der Waals surface area contributed by atoms with Crippen LogP contribution in [0, 0.1) is 0 Å². The lowest BCUT2D eigenvalue weighted by atomic mass is 10.4. The van der Waals surface area contributed by atoms with E-state index in [-0.39, 0.29) is 5.95 Å². The summed E-state index contributed by atoms with van der Waals surface area (Å²) < 4.78 is 0. The van der Waals surface area contributed by atoms with Crippen LogP contribution in [0.1, 0.15) is 13.8 Å². The van der Waals surface area contributed by atoms with Gasteiger partial charge in [-0.1, -0.05) is 11.6 Å². The third-order valence-electron chi connectivity index (χ3n) is 1.15. The molecule has 0 aliphatic heterocycles. The molecule has 3 N–H and O–H groups in total. The molecule has 66 valence electrons. The summed E-state index contributed by atoms with van der Waals surface area (Å²) >= 11 is 5.66. The van der Waals surface area contributed by atoms with Crippen molar-refractivity contribution in [2.24, 2.45) is 0 Å². The van der Waals surface area contributed by atoms with Gasteiger partial charge in [0.05, 0.1) is 0 Å². The first kappa shape index (κ1) is 9.06. The summed E-state index contributed by atoms with van der Waals surface area (Å²) in [7, 11) is 0. The molecule has 1 aromatic rings. The minimum Gasteiger partial charge on any atom is -0.368 e. The molecule has 0 atom stereocenters. The van der Waals surface area contributed by atoms with Crippen LogP contribution in [-0.2, 0) is 0 Å². The normalized spacial score (nSPS) is 10.3. The number of rotatable bonds is 2. The number of nitrogen functional groups attached to an aromatic ring is 1. The third-order valence-corrected chi connectivity index (χ3v) is 1.34. The molecule has 1 heterocycles. The van der Waals surface area contributed by atoms with Crippen LogP contribution in [0.3, 0.4) is 0 Å². The fourth-order valence-corrected chi connectivity index (χ4v) is 0.995. The van der Waals surface area contributed by atoms with Gasteiger partial charge in [-0.3, -0.25) is 0 Å².